The number of rotatable bonds is 5. The molecule has 1 rings (SSSR count). The van der Waals surface area contributed by atoms with Gasteiger partial charge >= 0.3 is 0 Å². The molecule has 2 atom stereocenters. The SMILES string of the molecule is CCN1CCCC1CNC(=O)C(C)C(N)=S. The Labute approximate surface area is 103 Å². The van der Waals surface area contributed by atoms with Crippen LogP contribution in [0.3, 0.4) is 0 Å². The second-order valence-corrected chi connectivity index (χ2v) is 4.77. The van der Waals surface area contributed by atoms with E-state index >= 15 is 0 Å². The van der Waals surface area contributed by atoms with Gasteiger partial charge in [0.25, 0.3) is 0 Å². The van der Waals surface area contributed by atoms with Crippen LogP contribution in [0, 0.1) is 5.92 Å². The van der Waals surface area contributed by atoms with Crippen molar-refractivity contribution >= 4 is 23.1 Å². The van der Waals surface area contributed by atoms with Crippen molar-refractivity contribution in [3.8, 4) is 0 Å². The molecular formula is C11H21N3OS. The molecule has 0 spiro atoms. The number of likely N-dealkylation sites (tertiary alicyclic amines) is 1. The molecule has 92 valence electrons. The third kappa shape index (κ3) is 3.42. The van der Waals surface area contributed by atoms with Crippen LogP contribution in [0.1, 0.15) is 26.7 Å². The highest BCUT2D eigenvalue weighted by molar-refractivity contribution is 7.80. The van der Waals surface area contributed by atoms with Crippen molar-refractivity contribution in [1.29, 1.82) is 0 Å². The lowest BCUT2D eigenvalue weighted by molar-refractivity contribution is -0.122. The van der Waals surface area contributed by atoms with Crippen molar-refractivity contribution in [2.75, 3.05) is 19.6 Å². The Morgan fingerprint density at radius 3 is 2.94 bits per heavy atom. The first-order valence-corrected chi connectivity index (χ1v) is 6.28. The Balaban J connectivity index is 2.34. The van der Waals surface area contributed by atoms with E-state index in [1.54, 1.807) is 6.92 Å². The van der Waals surface area contributed by atoms with Gasteiger partial charge in [-0.15, -0.1) is 0 Å². The summed E-state index contributed by atoms with van der Waals surface area (Å²) < 4.78 is 0. The van der Waals surface area contributed by atoms with Gasteiger partial charge in [-0.05, 0) is 32.9 Å². The van der Waals surface area contributed by atoms with Gasteiger partial charge in [0.1, 0.15) is 0 Å². The molecule has 0 radical (unpaired) electrons. The van der Waals surface area contributed by atoms with Gasteiger partial charge in [0.05, 0.1) is 10.9 Å². The predicted octanol–water partition coefficient (Wildman–Crippen LogP) is 0.509. The zero-order valence-corrected chi connectivity index (χ0v) is 10.8. The quantitative estimate of drug-likeness (QED) is 0.691. The minimum Gasteiger partial charge on any atom is -0.393 e. The molecule has 0 aromatic carbocycles. The maximum Gasteiger partial charge on any atom is 0.229 e. The maximum atomic E-state index is 11.6. The number of carbonyl (C=O) groups is 1. The smallest absolute Gasteiger partial charge is 0.229 e. The molecule has 0 bridgehead atoms. The third-order valence-corrected chi connectivity index (χ3v) is 3.59. The second-order valence-electron chi connectivity index (χ2n) is 4.29. The van der Waals surface area contributed by atoms with Crippen LogP contribution in [-0.4, -0.2) is 41.5 Å². The number of nitrogens with two attached hydrogens (primary N) is 1. The van der Waals surface area contributed by atoms with Crippen LogP contribution in [0.2, 0.25) is 0 Å². The highest BCUT2D eigenvalue weighted by Gasteiger charge is 2.24. The standard InChI is InChI=1S/C11H21N3OS/c1-3-14-6-4-5-9(14)7-13-11(15)8(2)10(12)16/h8-9H,3-7H2,1-2H3,(H2,12,16)(H,13,15). The van der Waals surface area contributed by atoms with E-state index in [0.717, 1.165) is 19.5 Å². The number of amides is 1. The number of hydrogen-bond donors (Lipinski definition) is 2. The molecule has 2 unspecified atom stereocenters. The molecule has 1 aliphatic heterocycles. The van der Waals surface area contributed by atoms with Gasteiger partial charge in [0.2, 0.25) is 5.91 Å². The molecule has 0 aromatic rings. The van der Waals surface area contributed by atoms with E-state index in [-0.39, 0.29) is 16.8 Å². The van der Waals surface area contributed by atoms with Gasteiger partial charge in [-0.25, -0.2) is 0 Å². The predicted molar refractivity (Wildman–Crippen MR) is 69.2 cm³/mol. The summed E-state index contributed by atoms with van der Waals surface area (Å²) in [7, 11) is 0. The summed E-state index contributed by atoms with van der Waals surface area (Å²) in [5, 5.41) is 2.92. The Hall–Kier alpha value is -0.680. The molecule has 0 saturated carbocycles. The summed E-state index contributed by atoms with van der Waals surface area (Å²) in [6.45, 7) is 6.79. The van der Waals surface area contributed by atoms with Crippen molar-refractivity contribution in [2.24, 2.45) is 11.7 Å². The summed E-state index contributed by atoms with van der Waals surface area (Å²) >= 11 is 4.80. The first-order valence-electron chi connectivity index (χ1n) is 5.87. The van der Waals surface area contributed by atoms with Gasteiger partial charge < -0.3 is 11.1 Å². The molecule has 16 heavy (non-hydrogen) atoms. The Morgan fingerprint density at radius 2 is 2.38 bits per heavy atom. The van der Waals surface area contributed by atoms with Gasteiger partial charge in [0, 0.05) is 12.6 Å². The average Bonchev–Trinajstić information content (AvgIpc) is 2.71. The van der Waals surface area contributed by atoms with Crippen LogP contribution in [-0.2, 0) is 4.79 Å². The highest BCUT2D eigenvalue weighted by Crippen LogP contribution is 2.15. The minimum absolute atomic E-state index is 0.0598. The zero-order valence-electron chi connectivity index (χ0n) is 10.0. The van der Waals surface area contributed by atoms with Crippen LogP contribution in [0.25, 0.3) is 0 Å². The summed E-state index contributed by atoms with van der Waals surface area (Å²) in [6, 6.07) is 0.479. The molecule has 5 heteroatoms. The van der Waals surface area contributed by atoms with Crippen LogP contribution < -0.4 is 11.1 Å². The lowest BCUT2D eigenvalue weighted by atomic mass is 10.1. The number of nitrogens with one attached hydrogen (secondary N) is 1. The molecule has 0 aliphatic carbocycles. The fourth-order valence-electron chi connectivity index (χ4n) is 2.04. The molecule has 1 amide bonds. The Morgan fingerprint density at radius 1 is 1.69 bits per heavy atom. The average molecular weight is 243 g/mol. The zero-order chi connectivity index (χ0) is 12.1. The van der Waals surface area contributed by atoms with Crippen molar-refractivity contribution < 1.29 is 4.79 Å². The fraction of sp³-hybridized carbons (Fsp3) is 0.818. The van der Waals surface area contributed by atoms with Crippen LogP contribution in [0.5, 0.6) is 0 Å². The molecule has 1 fully saturated rings. The fourth-order valence-corrected chi connectivity index (χ4v) is 2.15. The maximum absolute atomic E-state index is 11.6. The van der Waals surface area contributed by atoms with E-state index < -0.39 is 0 Å². The number of carbonyl (C=O) groups excluding carboxylic acids is 1. The monoisotopic (exact) mass is 243 g/mol. The van der Waals surface area contributed by atoms with E-state index in [0.29, 0.717) is 12.6 Å². The van der Waals surface area contributed by atoms with Crippen molar-refractivity contribution in [1.82, 2.24) is 10.2 Å². The highest BCUT2D eigenvalue weighted by atomic mass is 32.1. The first kappa shape index (κ1) is 13.4. The van der Waals surface area contributed by atoms with Crippen LogP contribution in [0.15, 0.2) is 0 Å². The summed E-state index contributed by atoms with van der Waals surface area (Å²) in [4.78, 5) is 14.3. The van der Waals surface area contributed by atoms with Crippen LogP contribution in [0.4, 0.5) is 0 Å². The van der Waals surface area contributed by atoms with Crippen molar-refractivity contribution in [2.45, 2.75) is 32.7 Å². The first-order chi connectivity index (χ1) is 7.56. The molecule has 0 aromatic heterocycles. The van der Waals surface area contributed by atoms with Gasteiger partial charge in [-0.3, -0.25) is 9.69 Å². The van der Waals surface area contributed by atoms with Gasteiger partial charge in [0.15, 0.2) is 0 Å². The summed E-state index contributed by atoms with van der Waals surface area (Å²) in [5.74, 6) is -0.429. The Bertz CT molecular complexity index is 270. The number of nitrogens with zero attached hydrogens (tertiary/aromatic N) is 1. The van der Waals surface area contributed by atoms with E-state index in [1.807, 2.05) is 0 Å². The number of likely N-dealkylation sites (N-methyl/N-ethyl adjacent to an activating group) is 1. The van der Waals surface area contributed by atoms with E-state index in [9.17, 15) is 4.79 Å². The second kappa shape index (κ2) is 6.15. The lowest BCUT2D eigenvalue weighted by Gasteiger charge is -2.23. The largest absolute Gasteiger partial charge is 0.393 e. The molecule has 1 saturated heterocycles. The van der Waals surface area contributed by atoms with Crippen molar-refractivity contribution in [3.05, 3.63) is 0 Å². The lowest BCUT2D eigenvalue weighted by Crippen LogP contribution is -2.43. The summed E-state index contributed by atoms with van der Waals surface area (Å²) in [6.07, 6.45) is 2.38. The van der Waals surface area contributed by atoms with Crippen LogP contribution >= 0.6 is 12.2 Å². The number of hydrogen-bond acceptors (Lipinski definition) is 3. The summed E-state index contributed by atoms with van der Waals surface area (Å²) in [5.41, 5.74) is 5.43. The Kier molecular flexibility index (Phi) is 5.15. The third-order valence-electron chi connectivity index (χ3n) is 3.24. The van der Waals surface area contributed by atoms with Gasteiger partial charge in [-0.2, -0.15) is 0 Å². The minimum atomic E-state index is -0.369. The molecule has 4 nitrogen and oxygen atoms in total. The molecule has 3 N–H and O–H groups in total. The van der Waals surface area contributed by atoms with Crippen molar-refractivity contribution in [3.63, 3.8) is 0 Å². The number of thiocarbonyl (C=S) groups is 1. The van der Waals surface area contributed by atoms with E-state index in [1.165, 1.54) is 6.42 Å². The molecule has 1 aliphatic rings. The molecular weight excluding hydrogens is 222 g/mol. The van der Waals surface area contributed by atoms with Gasteiger partial charge in [-0.1, -0.05) is 19.1 Å². The van der Waals surface area contributed by atoms with E-state index in [2.05, 4.69) is 17.1 Å². The normalized spacial score (nSPS) is 23.0. The van der Waals surface area contributed by atoms with E-state index in [4.69, 9.17) is 18.0 Å². The molecule has 1 heterocycles. The topological polar surface area (TPSA) is 58.4 Å².